The molecule has 0 unspecified atom stereocenters. The van der Waals surface area contributed by atoms with Crippen molar-refractivity contribution in [2.24, 2.45) is 0 Å². The molecule has 26 heteroatoms. The molecule has 0 heterocycles. The van der Waals surface area contributed by atoms with Crippen LogP contribution in [0.4, 0.5) is 0 Å². The van der Waals surface area contributed by atoms with Crippen LogP contribution in [-0.2, 0) is 141 Å². The molecule has 0 rings (SSSR count). The zero-order chi connectivity index (χ0) is 0. The molecular formula is B8O15Zn3-24. The van der Waals surface area contributed by atoms with E-state index in [2.05, 4.69) is 0 Å². The summed E-state index contributed by atoms with van der Waals surface area (Å²) in [5.41, 5.74) is 0. The first-order valence-corrected chi connectivity index (χ1v) is 0. The smallest absolute Gasteiger partial charge is 2.00 e. The molecule has 0 bridgehead atoms. The van der Waals surface area contributed by atoms with Crippen molar-refractivity contribution in [2.45, 2.75) is 0 Å². The van der Waals surface area contributed by atoms with Crippen molar-refractivity contribution >= 4 is 67.3 Å². The average Bonchev–Trinajstić information content (AvgIpc) is 0. The quantitative estimate of drug-likeness (QED) is 0.270. The van der Waals surface area contributed by atoms with Crippen molar-refractivity contribution in [1.29, 1.82) is 0 Å². The van der Waals surface area contributed by atoms with Crippen LogP contribution in [0.15, 0.2) is 0 Å². The first-order chi connectivity index (χ1) is 0. The maximum Gasteiger partial charge on any atom is 2.00 e. The van der Waals surface area contributed by atoms with Gasteiger partial charge in [-0.3, -0.25) is 0 Å². The van der Waals surface area contributed by atoms with Crippen molar-refractivity contribution in [3.63, 3.8) is 0 Å². The molecule has 0 N–H and O–H groups in total. The van der Waals surface area contributed by atoms with Gasteiger partial charge in [0.25, 0.3) is 0 Å². The second-order valence-corrected chi connectivity index (χ2v) is 0. The molecule has 0 spiro atoms. The Balaban J connectivity index is 0. The summed E-state index contributed by atoms with van der Waals surface area (Å²) in [4.78, 5) is 0. The molecular weight excluding hydrogens is 523 g/mol. The van der Waals surface area contributed by atoms with E-state index in [4.69, 9.17) is 0 Å². The maximum atomic E-state index is 0. The third-order valence-electron chi connectivity index (χ3n) is 0. The van der Waals surface area contributed by atoms with Crippen LogP contribution in [0.2, 0.25) is 0 Å². The van der Waals surface area contributed by atoms with Crippen molar-refractivity contribution in [1.82, 2.24) is 0 Å². The predicted octanol–water partition coefficient (Wildman–Crippen LogP) is -4.84. The molecule has 0 fully saturated rings. The predicted molar refractivity (Wildman–Crippen MR) is 56.3 cm³/mol. The Morgan fingerprint density at radius 3 is 0.115 bits per heavy atom. The third-order valence-corrected chi connectivity index (χ3v) is 0. The molecule has 0 aliphatic rings. The molecule has 0 aromatic heterocycles. The third kappa shape index (κ3) is 4950. The van der Waals surface area contributed by atoms with Crippen LogP contribution in [0, 0.1) is 0 Å². The fourth-order valence-corrected chi connectivity index (χ4v) is 0. The summed E-state index contributed by atoms with van der Waals surface area (Å²) in [7, 11) is 0. The summed E-state index contributed by atoms with van der Waals surface area (Å²) in [6, 6.07) is 0. The van der Waals surface area contributed by atoms with Gasteiger partial charge in [0.1, 0.15) is 0 Å². The molecule has 144 valence electrons. The van der Waals surface area contributed by atoms with Gasteiger partial charge in [-0.25, -0.2) is 0 Å². The SMILES string of the molecule is [B].[B].[B].[B].[B].[B].[B].[B].[O-2].[O-2].[O-2].[O-2].[O-2].[O-2].[O-2].[O-2].[O-2].[O-2].[O-2].[O-2].[O-2].[O-2].[O-2].[Zn+2].[Zn+2].[Zn+2]. The fourth-order valence-electron chi connectivity index (χ4n) is 0. The van der Waals surface area contributed by atoms with Gasteiger partial charge in [0.15, 0.2) is 0 Å². The number of hydrogen-bond acceptors (Lipinski definition) is 0. The second-order valence-electron chi connectivity index (χ2n) is 0. The summed E-state index contributed by atoms with van der Waals surface area (Å²) in [5.74, 6) is 0. The average molecular weight is 523 g/mol. The Labute approximate surface area is 207 Å². The zero-order valence-electron chi connectivity index (χ0n) is 12.9. The molecule has 26 heavy (non-hydrogen) atoms. The van der Waals surface area contributed by atoms with Gasteiger partial charge in [-0.15, -0.1) is 0 Å². The second kappa shape index (κ2) is 5560. The van der Waals surface area contributed by atoms with Crippen LogP contribution in [0.3, 0.4) is 0 Å². The van der Waals surface area contributed by atoms with Crippen LogP contribution in [0.25, 0.3) is 0 Å². The molecule has 15 nitrogen and oxygen atoms in total. The van der Waals surface area contributed by atoms with Gasteiger partial charge in [-0.05, 0) is 0 Å². The Morgan fingerprint density at radius 1 is 0.115 bits per heavy atom. The minimum atomic E-state index is 0. The molecule has 0 aliphatic heterocycles. The van der Waals surface area contributed by atoms with Crippen molar-refractivity contribution < 1.29 is 141 Å². The van der Waals surface area contributed by atoms with Gasteiger partial charge in [-0.2, -0.15) is 0 Å². The van der Waals surface area contributed by atoms with Gasteiger partial charge < -0.3 is 82.1 Å². The normalized spacial score (nSPS) is 0. The van der Waals surface area contributed by atoms with Crippen molar-refractivity contribution in [3.8, 4) is 0 Å². The van der Waals surface area contributed by atoms with Crippen LogP contribution in [0.5, 0.6) is 0 Å². The first-order valence-electron chi connectivity index (χ1n) is 0. The Morgan fingerprint density at radius 2 is 0.115 bits per heavy atom. The van der Waals surface area contributed by atoms with Crippen LogP contribution in [-0.4, -0.2) is 67.3 Å². The maximum absolute atomic E-state index is 0. The van der Waals surface area contributed by atoms with E-state index in [1.807, 2.05) is 0 Å². The van der Waals surface area contributed by atoms with E-state index < -0.39 is 0 Å². The molecule has 0 aliphatic carbocycles. The van der Waals surface area contributed by atoms with Crippen LogP contribution in [0.1, 0.15) is 0 Å². The van der Waals surface area contributed by atoms with E-state index in [-0.39, 0.29) is 208 Å². The Hall–Kier alpha value is 1.79. The molecule has 0 amide bonds. The first kappa shape index (κ1) is 6230. The van der Waals surface area contributed by atoms with Gasteiger partial charge in [0, 0.05) is 67.3 Å². The zero-order valence-corrected chi connectivity index (χ0v) is 21.8. The summed E-state index contributed by atoms with van der Waals surface area (Å²) in [6.07, 6.45) is 0. The van der Waals surface area contributed by atoms with E-state index in [0.29, 0.717) is 0 Å². The fraction of sp³-hybridized carbons (Fsp3) is 0. The van der Waals surface area contributed by atoms with Gasteiger partial charge in [-0.1, -0.05) is 0 Å². The van der Waals surface area contributed by atoms with Crippen LogP contribution >= 0.6 is 0 Å². The summed E-state index contributed by atoms with van der Waals surface area (Å²) >= 11 is 0. The largest absolute Gasteiger partial charge is 2.00 e. The molecule has 0 aromatic rings. The van der Waals surface area contributed by atoms with Crippen LogP contribution < -0.4 is 0 Å². The van der Waals surface area contributed by atoms with Gasteiger partial charge in [0.05, 0.1) is 0 Å². The number of rotatable bonds is 0. The standard InChI is InChI=1S/8B.15O.3Zn/q;;;;;;;;15*-2;3*+2. The van der Waals surface area contributed by atoms with Crippen molar-refractivity contribution in [3.05, 3.63) is 0 Å². The van der Waals surface area contributed by atoms with Gasteiger partial charge >= 0.3 is 58.4 Å². The summed E-state index contributed by atoms with van der Waals surface area (Å²) in [5, 5.41) is 0. The molecule has 0 saturated carbocycles. The van der Waals surface area contributed by atoms with E-state index in [1.165, 1.54) is 0 Å². The topological polar surface area (TPSA) is 428 Å². The molecule has 0 aromatic carbocycles. The summed E-state index contributed by atoms with van der Waals surface area (Å²) in [6.45, 7) is 0. The van der Waals surface area contributed by atoms with E-state index in [0.717, 1.165) is 0 Å². The Bertz CT molecular complexity index is 34.9. The van der Waals surface area contributed by atoms with E-state index in [9.17, 15) is 0 Å². The van der Waals surface area contributed by atoms with E-state index >= 15 is 0 Å². The minimum absolute atomic E-state index is 0. The minimum Gasteiger partial charge on any atom is -2.00 e. The monoisotopic (exact) mass is 520 g/mol. The summed E-state index contributed by atoms with van der Waals surface area (Å²) < 4.78 is 0. The van der Waals surface area contributed by atoms with Crippen molar-refractivity contribution in [2.75, 3.05) is 0 Å². The number of hydrogen-bond donors (Lipinski definition) is 0. The van der Waals surface area contributed by atoms with E-state index in [1.54, 1.807) is 0 Å². The Kier molecular flexibility index (Phi) is 1330000. The molecule has 0 saturated heterocycles. The molecule has 24 radical (unpaired) electrons. The van der Waals surface area contributed by atoms with Gasteiger partial charge in [0.2, 0.25) is 0 Å². The molecule has 0 atom stereocenters.